The van der Waals surface area contributed by atoms with E-state index in [1.54, 1.807) is 4.90 Å². The molecule has 5 nitrogen and oxygen atoms in total. The summed E-state index contributed by atoms with van der Waals surface area (Å²) in [6.07, 6.45) is 8.50. The molecule has 1 aliphatic heterocycles. The van der Waals surface area contributed by atoms with E-state index in [4.69, 9.17) is 4.74 Å². The summed E-state index contributed by atoms with van der Waals surface area (Å²) in [4.78, 5) is 26.8. The zero-order valence-corrected chi connectivity index (χ0v) is 17.1. The standard InChI is InChI=1S/C20H32N2O3S/c1-18(2,3)25-17(24)22-11-16(26)10-20(22,12-23)21-19-7-13-4-14(8-19)6-15(5-13)9-19/h12-16,21,26H,4-11H2,1-3H3/t13?,14?,15?,16-,19?,20-/m0/s1. The van der Waals surface area contributed by atoms with Crippen LogP contribution in [0.4, 0.5) is 4.79 Å². The largest absolute Gasteiger partial charge is 0.444 e. The van der Waals surface area contributed by atoms with Crippen LogP contribution in [0.3, 0.4) is 0 Å². The number of nitrogens with one attached hydrogen (secondary N) is 1. The predicted octanol–water partition coefficient (Wildman–Crippen LogP) is 3.38. The Morgan fingerprint density at radius 1 is 1.12 bits per heavy atom. The molecule has 1 heterocycles. The van der Waals surface area contributed by atoms with Gasteiger partial charge in [-0.3, -0.25) is 15.0 Å². The Morgan fingerprint density at radius 3 is 2.12 bits per heavy atom. The van der Waals surface area contributed by atoms with Crippen molar-refractivity contribution in [2.75, 3.05) is 6.54 Å². The molecule has 0 aromatic rings. The number of ether oxygens (including phenoxy) is 1. The van der Waals surface area contributed by atoms with E-state index in [1.165, 1.54) is 19.3 Å². The van der Waals surface area contributed by atoms with Crippen LogP contribution in [0, 0.1) is 17.8 Å². The fourth-order valence-corrected chi connectivity index (χ4v) is 6.89. The lowest BCUT2D eigenvalue weighted by molar-refractivity contribution is -0.124. The van der Waals surface area contributed by atoms with E-state index in [1.807, 2.05) is 20.8 Å². The van der Waals surface area contributed by atoms with Crippen molar-refractivity contribution in [1.82, 2.24) is 10.2 Å². The van der Waals surface area contributed by atoms with Gasteiger partial charge in [0.25, 0.3) is 0 Å². The Bertz CT molecular complexity index is 567. The number of hydrogen-bond acceptors (Lipinski definition) is 5. The molecule has 146 valence electrons. The third kappa shape index (κ3) is 3.28. The van der Waals surface area contributed by atoms with E-state index in [2.05, 4.69) is 17.9 Å². The minimum atomic E-state index is -0.986. The number of likely N-dealkylation sites (tertiary alicyclic amines) is 1. The normalized spacial score (nSPS) is 44.4. The van der Waals surface area contributed by atoms with E-state index in [0.717, 1.165) is 43.3 Å². The van der Waals surface area contributed by atoms with E-state index in [0.29, 0.717) is 13.0 Å². The fraction of sp³-hybridized carbons (Fsp3) is 0.900. The lowest BCUT2D eigenvalue weighted by Crippen LogP contribution is -2.70. The fourth-order valence-electron chi connectivity index (χ4n) is 6.44. The van der Waals surface area contributed by atoms with E-state index in [9.17, 15) is 9.59 Å². The van der Waals surface area contributed by atoms with Gasteiger partial charge in [0.15, 0.2) is 11.9 Å². The topological polar surface area (TPSA) is 58.6 Å². The van der Waals surface area contributed by atoms with Gasteiger partial charge < -0.3 is 4.74 Å². The second-order valence-corrected chi connectivity index (χ2v) is 11.0. The molecule has 5 aliphatic rings. The monoisotopic (exact) mass is 380 g/mol. The lowest BCUT2D eigenvalue weighted by Gasteiger charge is -2.59. The van der Waals surface area contributed by atoms with Gasteiger partial charge in [-0.05, 0) is 77.0 Å². The minimum Gasteiger partial charge on any atom is -0.444 e. The van der Waals surface area contributed by atoms with Crippen molar-refractivity contribution in [2.24, 2.45) is 17.8 Å². The second kappa shape index (κ2) is 6.13. The van der Waals surface area contributed by atoms with E-state index >= 15 is 0 Å². The predicted molar refractivity (Wildman–Crippen MR) is 103 cm³/mol. The molecule has 5 rings (SSSR count). The molecule has 0 spiro atoms. The first kappa shape index (κ1) is 18.6. The molecular formula is C20H32N2O3S. The molecule has 0 unspecified atom stereocenters. The number of aldehydes is 1. The molecule has 26 heavy (non-hydrogen) atoms. The summed E-state index contributed by atoms with van der Waals surface area (Å²) < 4.78 is 5.60. The van der Waals surface area contributed by atoms with Crippen LogP contribution in [0.15, 0.2) is 0 Å². The Balaban J connectivity index is 1.59. The third-order valence-corrected chi connectivity index (χ3v) is 7.10. The maximum absolute atomic E-state index is 12.8. The first-order valence-electron chi connectivity index (χ1n) is 10.1. The molecule has 1 saturated heterocycles. The van der Waals surface area contributed by atoms with Crippen LogP contribution in [-0.2, 0) is 9.53 Å². The van der Waals surface area contributed by atoms with Crippen LogP contribution in [0.1, 0.15) is 65.7 Å². The van der Waals surface area contributed by atoms with E-state index in [-0.39, 0.29) is 10.8 Å². The number of nitrogens with zero attached hydrogens (tertiary/aromatic N) is 1. The third-order valence-electron chi connectivity index (χ3n) is 6.75. The first-order valence-corrected chi connectivity index (χ1v) is 10.6. The van der Waals surface area contributed by atoms with Crippen molar-refractivity contribution in [1.29, 1.82) is 0 Å². The highest BCUT2D eigenvalue weighted by atomic mass is 32.1. The molecule has 4 bridgehead atoms. The molecule has 0 radical (unpaired) electrons. The van der Waals surface area contributed by atoms with Crippen LogP contribution in [0.2, 0.25) is 0 Å². The first-order chi connectivity index (χ1) is 12.1. The summed E-state index contributed by atoms with van der Waals surface area (Å²) in [5.41, 5.74) is -1.57. The van der Waals surface area contributed by atoms with Crippen molar-refractivity contribution >= 4 is 25.0 Å². The van der Waals surface area contributed by atoms with Crippen LogP contribution >= 0.6 is 12.6 Å². The highest BCUT2D eigenvalue weighted by molar-refractivity contribution is 7.81. The number of rotatable bonds is 3. The van der Waals surface area contributed by atoms with Gasteiger partial charge in [-0.15, -0.1) is 0 Å². The number of carbonyl (C=O) groups excluding carboxylic acids is 2. The molecule has 0 aromatic heterocycles. The smallest absolute Gasteiger partial charge is 0.412 e. The molecule has 1 amide bonds. The molecule has 6 heteroatoms. The van der Waals surface area contributed by atoms with Crippen molar-refractivity contribution in [2.45, 2.75) is 87.8 Å². The highest BCUT2D eigenvalue weighted by Gasteiger charge is 2.57. The SMILES string of the molecule is CC(C)(C)OC(=O)N1C[C@@H](S)C[C@]1(C=O)NC12CC3CC(CC(C3)C1)C2. The summed E-state index contributed by atoms with van der Waals surface area (Å²) in [7, 11) is 0. The number of amides is 1. The zero-order valence-electron chi connectivity index (χ0n) is 16.2. The number of carbonyl (C=O) groups is 2. The summed E-state index contributed by atoms with van der Waals surface area (Å²) >= 11 is 4.61. The average Bonchev–Trinajstić information content (AvgIpc) is 2.80. The second-order valence-electron chi connectivity index (χ2n) is 10.3. The summed E-state index contributed by atoms with van der Waals surface area (Å²) in [5, 5.41) is 3.72. The summed E-state index contributed by atoms with van der Waals surface area (Å²) in [5.74, 6) is 2.34. The Kier molecular flexibility index (Phi) is 4.39. The van der Waals surface area contributed by atoms with Crippen LogP contribution < -0.4 is 5.32 Å². The van der Waals surface area contributed by atoms with Gasteiger partial charge in [0.2, 0.25) is 0 Å². The van der Waals surface area contributed by atoms with Crippen LogP contribution in [0.25, 0.3) is 0 Å². The zero-order chi connectivity index (χ0) is 18.7. The molecule has 0 aromatic carbocycles. The molecule has 5 fully saturated rings. The Morgan fingerprint density at radius 2 is 1.65 bits per heavy atom. The molecule has 4 aliphatic carbocycles. The Hall–Kier alpha value is -0.750. The van der Waals surface area contributed by atoms with Gasteiger partial charge in [-0.2, -0.15) is 12.6 Å². The molecule has 2 atom stereocenters. The maximum atomic E-state index is 12.8. The lowest BCUT2D eigenvalue weighted by atomic mass is 9.52. The van der Waals surface area contributed by atoms with Crippen LogP contribution in [0.5, 0.6) is 0 Å². The van der Waals surface area contributed by atoms with Crippen molar-refractivity contribution in [3.05, 3.63) is 0 Å². The van der Waals surface area contributed by atoms with Gasteiger partial charge >= 0.3 is 6.09 Å². The van der Waals surface area contributed by atoms with Crippen molar-refractivity contribution in [3.8, 4) is 0 Å². The van der Waals surface area contributed by atoms with Gasteiger partial charge in [-0.1, -0.05) is 0 Å². The molecule has 1 N–H and O–H groups in total. The van der Waals surface area contributed by atoms with Gasteiger partial charge in [0.05, 0.1) is 0 Å². The van der Waals surface area contributed by atoms with Gasteiger partial charge in [-0.25, -0.2) is 4.79 Å². The summed E-state index contributed by atoms with van der Waals surface area (Å²) in [6, 6.07) is 0. The van der Waals surface area contributed by atoms with E-state index < -0.39 is 17.4 Å². The number of thiol groups is 1. The van der Waals surface area contributed by atoms with Crippen LogP contribution in [-0.4, -0.2) is 45.9 Å². The van der Waals surface area contributed by atoms with Crippen molar-refractivity contribution in [3.63, 3.8) is 0 Å². The van der Waals surface area contributed by atoms with Gasteiger partial charge in [0, 0.05) is 23.8 Å². The number of hydrogen-bond donors (Lipinski definition) is 2. The molecule has 4 saturated carbocycles. The Labute approximate surface area is 162 Å². The summed E-state index contributed by atoms with van der Waals surface area (Å²) in [6.45, 7) is 6.01. The average molecular weight is 381 g/mol. The minimum absolute atomic E-state index is 0.00619. The van der Waals surface area contributed by atoms with Crippen molar-refractivity contribution < 1.29 is 14.3 Å². The molecular weight excluding hydrogens is 348 g/mol. The highest BCUT2D eigenvalue weighted by Crippen LogP contribution is 2.56. The van der Waals surface area contributed by atoms with Gasteiger partial charge in [0.1, 0.15) is 5.60 Å². The maximum Gasteiger partial charge on any atom is 0.412 e. The quantitative estimate of drug-likeness (QED) is 0.582.